The van der Waals surface area contributed by atoms with Crippen molar-refractivity contribution in [3.63, 3.8) is 0 Å². The summed E-state index contributed by atoms with van der Waals surface area (Å²) in [7, 11) is 1.61. The van der Waals surface area contributed by atoms with Crippen molar-refractivity contribution in [1.82, 2.24) is 0 Å². The Kier molecular flexibility index (Phi) is 7.54. The zero-order valence-electron chi connectivity index (χ0n) is 13.0. The molecule has 1 aromatic carbocycles. The summed E-state index contributed by atoms with van der Waals surface area (Å²) in [6.45, 7) is 5.48. The number of hydrogen-bond acceptors (Lipinski definition) is 3. The molecule has 1 rings (SSSR count). The average molecular weight is 292 g/mol. The first-order valence-corrected chi connectivity index (χ1v) is 7.22. The molecule has 0 saturated heterocycles. The van der Waals surface area contributed by atoms with Gasteiger partial charge >= 0.3 is 5.97 Å². The van der Waals surface area contributed by atoms with E-state index in [-0.39, 0.29) is 0 Å². The number of carboxylic acids is 1. The van der Waals surface area contributed by atoms with Crippen molar-refractivity contribution in [1.29, 1.82) is 0 Å². The first-order chi connectivity index (χ1) is 10.1. The molecule has 4 nitrogen and oxygen atoms in total. The number of hydrogen-bond donors (Lipinski definition) is 1. The van der Waals surface area contributed by atoms with E-state index in [4.69, 9.17) is 14.6 Å². The summed E-state index contributed by atoms with van der Waals surface area (Å²) in [5.74, 6) is 0.301. The number of carboxylic acid groups (broad SMARTS) is 1. The van der Waals surface area contributed by atoms with Gasteiger partial charge in [0.15, 0.2) is 0 Å². The molecular formula is C17H24O4. The topological polar surface area (TPSA) is 55.8 Å². The summed E-state index contributed by atoms with van der Waals surface area (Å²) in [5.41, 5.74) is 1.76. The van der Waals surface area contributed by atoms with Gasteiger partial charge in [0.05, 0.1) is 13.7 Å². The molecule has 0 spiro atoms. The van der Waals surface area contributed by atoms with Crippen LogP contribution in [0.2, 0.25) is 0 Å². The van der Waals surface area contributed by atoms with Crippen LogP contribution in [0.25, 0.3) is 6.08 Å². The molecule has 1 unspecified atom stereocenters. The second-order valence-corrected chi connectivity index (χ2v) is 5.15. The Hall–Kier alpha value is -1.81. The number of carbonyl (C=O) groups is 1. The molecule has 0 aromatic heterocycles. The summed E-state index contributed by atoms with van der Waals surface area (Å²) >= 11 is 0. The van der Waals surface area contributed by atoms with Crippen LogP contribution in [-0.2, 0) is 16.1 Å². The van der Waals surface area contributed by atoms with Crippen LogP contribution in [0, 0.1) is 5.92 Å². The average Bonchev–Trinajstić information content (AvgIpc) is 2.45. The van der Waals surface area contributed by atoms with Gasteiger partial charge < -0.3 is 14.6 Å². The number of ether oxygens (including phenoxy) is 2. The number of rotatable bonds is 9. The van der Waals surface area contributed by atoms with Crippen LogP contribution in [0.3, 0.4) is 0 Å². The van der Waals surface area contributed by atoms with Gasteiger partial charge in [-0.1, -0.05) is 26.3 Å². The highest BCUT2D eigenvalue weighted by molar-refractivity contribution is 5.85. The van der Waals surface area contributed by atoms with Crippen molar-refractivity contribution in [2.45, 2.75) is 33.3 Å². The summed E-state index contributed by atoms with van der Waals surface area (Å²) in [6.07, 6.45) is 5.00. The van der Waals surface area contributed by atoms with Crippen molar-refractivity contribution in [3.8, 4) is 5.75 Å². The molecular weight excluding hydrogens is 268 g/mol. The lowest BCUT2D eigenvalue weighted by atomic mass is 10.1. The zero-order valence-corrected chi connectivity index (χ0v) is 13.0. The van der Waals surface area contributed by atoms with E-state index in [1.165, 1.54) is 0 Å². The molecule has 0 saturated carbocycles. The minimum atomic E-state index is -0.964. The second kappa shape index (κ2) is 9.19. The van der Waals surface area contributed by atoms with E-state index in [0.717, 1.165) is 35.8 Å². The van der Waals surface area contributed by atoms with Gasteiger partial charge in [-0.25, -0.2) is 4.79 Å². The summed E-state index contributed by atoms with van der Waals surface area (Å²) in [4.78, 5) is 10.6. The highest BCUT2D eigenvalue weighted by atomic mass is 16.5. The van der Waals surface area contributed by atoms with Gasteiger partial charge in [0.2, 0.25) is 0 Å². The Morgan fingerprint density at radius 2 is 2.19 bits per heavy atom. The first-order valence-electron chi connectivity index (χ1n) is 7.22. The van der Waals surface area contributed by atoms with E-state index in [1.54, 1.807) is 13.2 Å². The predicted molar refractivity (Wildman–Crippen MR) is 83.4 cm³/mol. The molecule has 4 heteroatoms. The molecule has 0 aliphatic heterocycles. The molecule has 0 fully saturated rings. The van der Waals surface area contributed by atoms with Crippen LogP contribution in [0.4, 0.5) is 0 Å². The van der Waals surface area contributed by atoms with Crippen LogP contribution in [0.15, 0.2) is 24.3 Å². The summed E-state index contributed by atoms with van der Waals surface area (Å²) in [6, 6.07) is 5.53. The quantitative estimate of drug-likeness (QED) is 0.704. The molecule has 21 heavy (non-hydrogen) atoms. The van der Waals surface area contributed by atoms with Crippen LogP contribution in [0.1, 0.15) is 37.8 Å². The lowest BCUT2D eigenvalue weighted by Gasteiger charge is -2.13. The summed E-state index contributed by atoms with van der Waals surface area (Å²) < 4.78 is 10.9. The molecule has 0 heterocycles. The lowest BCUT2D eigenvalue weighted by Crippen LogP contribution is -2.06. The van der Waals surface area contributed by atoms with Gasteiger partial charge in [-0.05, 0) is 41.7 Å². The van der Waals surface area contributed by atoms with Crippen LogP contribution < -0.4 is 4.74 Å². The highest BCUT2D eigenvalue weighted by Gasteiger charge is 2.06. The van der Waals surface area contributed by atoms with Crippen LogP contribution >= 0.6 is 0 Å². The minimum absolute atomic E-state index is 0.449. The molecule has 1 N–H and O–H groups in total. The fourth-order valence-corrected chi connectivity index (χ4v) is 2.10. The van der Waals surface area contributed by atoms with Gasteiger partial charge in [-0.2, -0.15) is 0 Å². The molecule has 0 aliphatic carbocycles. The smallest absolute Gasteiger partial charge is 0.328 e. The van der Waals surface area contributed by atoms with Gasteiger partial charge in [0.1, 0.15) is 5.75 Å². The Morgan fingerprint density at radius 1 is 1.43 bits per heavy atom. The third-order valence-corrected chi connectivity index (χ3v) is 3.20. The van der Waals surface area contributed by atoms with Crippen molar-refractivity contribution >= 4 is 12.0 Å². The van der Waals surface area contributed by atoms with Gasteiger partial charge in [-0.15, -0.1) is 0 Å². The Balaban J connectivity index is 2.74. The SMILES string of the molecule is CCCC(C)COCc1cc(OC)ccc1/C=C/C(=O)O. The molecule has 1 atom stereocenters. The zero-order chi connectivity index (χ0) is 15.7. The fourth-order valence-electron chi connectivity index (χ4n) is 2.10. The molecule has 1 aromatic rings. The third-order valence-electron chi connectivity index (χ3n) is 3.20. The normalized spacial score (nSPS) is 12.5. The Labute approximate surface area is 126 Å². The van der Waals surface area contributed by atoms with Gasteiger partial charge in [0, 0.05) is 12.7 Å². The van der Waals surface area contributed by atoms with Gasteiger partial charge in [-0.3, -0.25) is 0 Å². The second-order valence-electron chi connectivity index (χ2n) is 5.15. The number of aliphatic carboxylic acids is 1. The van der Waals surface area contributed by atoms with Crippen molar-refractivity contribution < 1.29 is 19.4 Å². The standard InChI is InChI=1S/C17H24O4/c1-4-5-13(2)11-21-12-15-10-16(20-3)8-6-14(15)7-9-17(18)19/h6-10,13H,4-5,11-12H2,1-3H3,(H,18,19)/b9-7+. The van der Waals surface area contributed by atoms with Crippen molar-refractivity contribution in [2.24, 2.45) is 5.92 Å². The minimum Gasteiger partial charge on any atom is -0.497 e. The predicted octanol–water partition coefficient (Wildman–Crippen LogP) is 3.75. The summed E-state index contributed by atoms with van der Waals surface area (Å²) in [5, 5.41) is 8.73. The molecule has 0 amide bonds. The Morgan fingerprint density at radius 3 is 2.81 bits per heavy atom. The number of benzene rings is 1. The van der Waals surface area contributed by atoms with E-state index in [9.17, 15) is 4.79 Å². The fraction of sp³-hybridized carbons (Fsp3) is 0.471. The largest absolute Gasteiger partial charge is 0.497 e. The molecule has 0 aliphatic rings. The maximum atomic E-state index is 10.6. The van der Waals surface area contributed by atoms with Crippen molar-refractivity contribution in [3.05, 3.63) is 35.4 Å². The number of methoxy groups -OCH3 is 1. The van der Waals surface area contributed by atoms with Crippen LogP contribution in [-0.4, -0.2) is 24.8 Å². The van der Waals surface area contributed by atoms with E-state index in [0.29, 0.717) is 19.1 Å². The lowest BCUT2D eigenvalue weighted by molar-refractivity contribution is -0.131. The first kappa shape index (κ1) is 17.2. The maximum absolute atomic E-state index is 10.6. The van der Waals surface area contributed by atoms with E-state index in [1.807, 2.05) is 18.2 Å². The monoisotopic (exact) mass is 292 g/mol. The molecule has 116 valence electrons. The molecule has 0 bridgehead atoms. The van der Waals surface area contributed by atoms with E-state index >= 15 is 0 Å². The maximum Gasteiger partial charge on any atom is 0.328 e. The van der Waals surface area contributed by atoms with E-state index in [2.05, 4.69) is 13.8 Å². The highest BCUT2D eigenvalue weighted by Crippen LogP contribution is 2.20. The van der Waals surface area contributed by atoms with Gasteiger partial charge in [0.25, 0.3) is 0 Å². The molecule has 0 radical (unpaired) electrons. The van der Waals surface area contributed by atoms with E-state index < -0.39 is 5.97 Å². The van der Waals surface area contributed by atoms with Crippen LogP contribution in [0.5, 0.6) is 5.75 Å². The third kappa shape index (κ3) is 6.45. The Bertz CT molecular complexity index is 480. The van der Waals surface area contributed by atoms with Crippen molar-refractivity contribution in [2.75, 3.05) is 13.7 Å².